The van der Waals surface area contributed by atoms with Crippen molar-refractivity contribution in [1.82, 2.24) is 10.2 Å². The first-order valence-electron chi connectivity index (χ1n) is 9.16. The zero-order chi connectivity index (χ0) is 20.4. The van der Waals surface area contributed by atoms with Gasteiger partial charge in [0.25, 0.3) is 0 Å². The van der Waals surface area contributed by atoms with Crippen molar-refractivity contribution in [1.29, 1.82) is 0 Å². The van der Waals surface area contributed by atoms with Crippen LogP contribution < -0.4 is 10.6 Å². The highest BCUT2D eigenvalue weighted by Gasteiger charge is 2.71. The standard InChI is InChI=1S/C19H22ClN3O5/c1-8-6-10(20)7-11-14(8)21-18(27)19(11)13-12(15(22-19)9(2)24)16(25)23(17(13)26)4-5-28-3/h6-7,9,12-13,15,22,24H,4-5H2,1-3H3,(H,21,27)/t9-,12-,13+,15-,19+/m0/s1. The highest BCUT2D eigenvalue weighted by molar-refractivity contribution is 6.31. The van der Waals surface area contributed by atoms with E-state index in [1.54, 1.807) is 19.1 Å². The molecule has 3 aliphatic rings. The lowest BCUT2D eigenvalue weighted by Crippen LogP contribution is -2.55. The third-order valence-corrected chi connectivity index (χ3v) is 6.27. The number of hydrogen-bond donors (Lipinski definition) is 3. The van der Waals surface area contributed by atoms with Gasteiger partial charge in [-0.25, -0.2) is 0 Å². The molecule has 5 atom stereocenters. The fourth-order valence-electron chi connectivity index (χ4n) is 4.84. The number of carbonyl (C=O) groups excluding carboxylic acids is 3. The smallest absolute Gasteiger partial charge is 0.250 e. The van der Waals surface area contributed by atoms with Gasteiger partial charge < -0.3 is 15.2 Å². The maximum absolute atomic E-state index is 13.3. The predicted molar refractivity (Wildman–Crippen MR) is 101 cm³/mol. The molecular formula is C19H22ClN3O5. The summed E-state index contributed by atoms with van der Waals surface area (Å²) in [6.07, 6.45) is -0.942. The number of aliphatic hydroxyl groups excluding tert-OH is 1. The van der Waals surface area contributed by atoms with E-state index >= 15 is 0 Å². The Morgan fingerprint density at radius 3 is 2.68 bits per heavy atom. The number of likely N-dealkylation sites (tertiary alicyclic amines) is 1. The van der Waals surface area contributed by atoms with Crippen LogP contribution in [-0.2, 0) is 24.7 Å². The Kier molecular flexibility index (Phi) is 4.50. The van der Waals surface area contributed by atoms with Crippen molar-refractivity contribution >= 4 is 35.0 Å². The summed E-state index contributed by atoms with van der Waals surface area (Å²) in [6, 6.07) is 2.63. The van der Waals surface area contributed by atoms with E-state index in [2.05, 4.69) is 10.6 Å². The molecule has 0 saturated carbocycles. The molecule has 3 heterocycles. The van der Waals surface area contributed by atoms with Crippen molar-refractivity contribution in [3.8, 4) is 0 Å². The minimum Gasteiger partial charge on any atom is -0.392 e. The van der Waals surface area contributed by atoms with Gasteiger partial charge in [-0.3, -0.25) is 24.6 Å². The molecule has 8 nitrogen and oxygen atoms in total. The molecule has 150 valence electrons. The number of carbonyl (C=O) groups is 3. The highest BCUT2D eigenvalue weighted by atomic mass is 35.5. The Hall–Kier alpha value is -2.00. The van der Waals surface area contributed by atoms with E-state index in [1.165, 1.54) is 7.11 Å². The summed E-state index contributed by atoms with van der Waals surface area (Å²) in [4.78, 5) is 40.7. The average molecular weight is 408 g/mol. The lowest BCUT2D eigenvalue weighted by molar-refractivity contribution is -0.143. The fraction of sp³-hybridized carbons (Fsp3) is 0.526. The van der Waals surface area contributed by atoms with Crippen LogP contribution in [0.3, 0.4) is 0 Å². The van der Waals surface area contributed by atoms with E-state index in [9.17, 15) is 19.5 Å². The number of imide groups is 1. The van der Waals surface area contributed by atoms with Crippen molar-refractivity contribution in [2.45, 2.75) is 31.5 Å². The molecule has 1 aromatic carbocycles. The predicted octanol–water partition coefficient (Wildman–Crippen LogP) is 0.396. The zero-order valence-corrected chi connectivity index (χ0v) is 16.5. The summed E-state index contributed by atoms with van der Waals surface area (Å²) in [6.45, 7) is 3.66. The summed E-state index contributed by atoms with van der Waals surface area (Å²) in [5.41, 5.74) is 0.434. The van der Waals surface area contributed by atoms with E-state index in [0.717, 1.165) is 10.5 Å². The van der Waals surface area contributed by atoms with Crippen molar-refractivity contribution in [3.63, 3.8) is 0 Å². The summed E-state index contributed by atoms with van der Waals surface area (Å²) in [7, 11) is 1.49. The second-order valence-electron chi connectivity index (χ2n) is 7.64. The summed E-state index contributed by atoms with van der Waals surface area (Å²) in [5, 5.41) is 16.7. The third-order valence-electron chi connectivity index (χ3n) is 6.05. The zero-order valence-electron chi connectivity index (χ0n) is 15.8. The molecule has 0 radical (unpaired) electrons. The largest absolute Gasteiger partial charge is 0.392 e. The van der Waals surface area contributed by atoms with Crippen LogP contribution in [0.5, 0.6) is 0 Å². The minimum absolute atomic E-state index is 0.104. The summed E-state index contributed by atoms with van der Waals surface area (Å²) >= 11 is 6.25. The number of nitrogens with one attached hydrogen (secondary N) is 2. The summed E-state index contributed by atoms with van der Waals surface area (Å²) in [5.74, 6) is -3.07. The molecule has 3 aliphatic heterocycles. The van der Waals surface area contributed by atoms with Gasteiger partial charge in [0.15, 0.2) is 0 Å². The van der Waals surface area contributed by atoms with Crippen molar-refractivity contribution in [2.24, 2.45) is 11.8 Å². The van der Waals surface area contributed by atoms with Crippen molar-refractivity contribution in [2.75, 3.05) is 25.6 Å². The molecule has 2 saturated heterocycles. The first-order valence-corrected chi connectivity index (χ1v) is 9.53. The number of anilines is 1. The van der Waals surface area contributed by atoms with Crippen molar-refractivity contribution < 1.29 is 24.2 Å². The number of aliphatic hydroxyl groups is 1. The molecule has 3 amide bonds. The first-order chi connectivity index (χ1) is 13.2. The molecule has 0 aliphatic carbocycles. The van der Waals surface area contributed by atoms with Gasteiger partial charge in [0.2, 0.25) is 17.7 Å². The number of fused-ring (bicyclic) bond motifs is 4. The number of aryl methyl sites for hydroxylation is 1. The van der Waals surface area contributed by atoms with E-state index in [-0.39, 0.29) is 13.2 Å². The molecule has 28 heavy (non-hydrogen) atoms. The summed E-state index contributed by atoms with van der Waals surface area (Å²) < 4.78 is 5.01. The van der Waals surface area contributed by atoms with Gasteiger partial charge >= 0.3 is 0 Å². The molecule has 9 heteroatoms. The average Bonchev–Trinajstić information content (AvgIpc) is 3.21. The van der Waals surface area contributed by atoms with E-state index in [1.807, 2.05) is 6.92 Å². The SMILES string of the molecule is COCCN1C(=O)[C@@H]2[C@H]([C@H](C)O)N[C@@]3(C(=O)Nc4c(C)cc(Cl)cc43)[C@H]2C1=O. The number of rotatable bonds is 4. The minimum atomic E-state index is -1.45. The second-order valence-corrected chi connectivity index (χ2v) is 8.08. The molecule has 4 rings (SSSR count). The van der Waals surface area contributed by atoms with Crippen LogP contribution in [-0.4, -0.2) is 60.1 Å². The van der Waals surface area contributed by atoms with Crippen LogP contribution in [0.2, 0.25) is 5.02 Å². The van der Waals surface area contributed by atoms with Gasteiger partial charge in [0, 0.05) is 29.4 Å². The number of hydrogen-bond acceptors (Lipinski definition) is 6. The third kappa shape index (κ3) is 2.38. The number of ether oxygens (including phenoxy) is 1. The molecule has 0 bridgehead atoms. The lowest BCUT2D eigenvalue weighted by Gasteiger charge is -2.30. The number of nitrogens with zero attached hydrogens (tertiary/aromatic N) is 1. The molecule has 1 spiro atoms. The quantitative estimate of drug-likeness (QED) is 0.623. The number of methoxy groups -OCH3 is 1. The van der Waals surface area contributed by atoms with E-state index in [4.69, 9.17) is 16.3 Å². The van der Waals surface area contributed by atoms with E-state index in [0.29, 0.717) is 16.3 Å². The lowest BCUT2D eigenvalue weighted by atomic mass is 9.76. The molecule has 1 aromatic rings. The van der Waals surface area contributed by atoms with Gasteiger partial charge in [-0.1, -0.05) is 11.6 Å². The second kappa shape index (κ2) is 6.52. The number of halogens is 1. The van der Waals surface area contributed by atoms with Gasteiger partial charge in [-0.15, -0.1) is 0 Å². The van der Waals surface area contributed by atoms with Crippen LogP contribution in [0, 0.1) is 18.8 Å². The fourth-order valence-corrected chi connectivity index (χ4v) is 5.11. The Morgan fingerprint density at radius 2 is 2.04 bits per heavy atom. The Balaban J connectivity index is 1.89. The monoisotopic (exact) mass is 407 g/mol. The molecular weight excluding hydrogens is 386 g/mol. The Morgan fingerprint density at radius 1 is 1.32 bits per heavy atom. The van der Waals surface area contributed by atoms with Gasteiger partial charge in [-0.05, 0) is 31.5 Å². The maximum atomic E-state index is 13.3. The first kappa shape index (κ1) is 19.3. The Labute approximate surface area is 167 Å². The van der Waals surface area contributed by atoms with Crippen LogP contribution >= 0.6 is 11.6 Å². The van der Waals surface area contributed by atoms with Crippen molar-refractivity contribution in [3.05, 3.63) is 28.3 Å². The molecule has 2 fully saturated rings. The van der Waals surface area contributed by atoms with Gasteiger partial charge in [0.1, 0.15) is 5.54 Å². The van der Waals surface area contributed by atoms with Crippen LogP contribution in [0.4, 0.5) is 5.69 Å². The van der Waals surface area contributed by atoms with Gasteiger partial charge in [-0.2, -0.15) is 0 Å². The highest BCUT2D eigenvalue weighted by Crippen LogP contribution is 2.54. The van der Waals surface area contributed by atoms with Crippen LogP contribution in [0.1, 0.15) is 18.1 Å². The molecule has 3 N–H and O–H groups in total. The number of amides is 3. The van der Waals surface area contributed by atoms with Crippen LogP contribution in [0.25, 0.3) is 0 Å². The normalized spacial score (nSPS) is 32.1. The topological polar surface area (TPSA) is 108 Å². The van der Waals surface area contributed by atoms with Gasteiger partial charge in [0.05, 0.1) is 31.1 Å². The number of benzene rings is 1. The maximum Gasteiger partial charge on any atom is 0.250 e. The molecule has 0 unspecified atom stereocenters. The molecule has 0 aromatic heterocycles. The Bertz CT molecular complexity index is 889. The van der Waals surface area contributed by atoms with Crippen LogP contribution in [0.15, 0.2) is 12.1 Å². The van der Waals surface area contributed by atoms with E-state index < -0.39 is 47.2 Å².